The molecule has 6 rings (SSSR count). The first-order valence-corrected chi connectivity index (χ1v) is 14.4. The third-order valence-corrected chi connectivity index (χ3v) is 8.27. The van der Waals surface area contributed by atoms with Crippen LogP contribution in [0.2, 0.25) is 0 Å². The van der Waals surface area contributed by atoms with Crippen molar-refractivity contribution >= 4 is 22.6 Å². The van der Waals surface area contributed by atoms with Crippen LogP contribution in [0.1, 0.15) is 22.6 Å². The summed E-state index contributed by atoms with van der Waals surface area (Å²) >= 11 is 0. The van der Waals surface area contributed by atoms with Crippen molar-refractivity contribution in [2.75, 3.05) is 38.2 Å². The van der Waals surface area contributed by atoms with Crippen molar-refractivity contribution < 1.29 is 9.53 Å². The van der Waals surface area contributed by atoms with Gasteiger partial charge in [-0.2, -0.15) is 5.26 Å². The fraction of sp³-hybridized carbons (Fsp3) is 0.229. The van der Waals surface area contributed by atoms with E-state index in [2.05, 4.69) is 44.1 Å². The van der Waals surface area contributed by atoms with Gasteiger partial charge in [-0.25, -0.2) is 9.97 Å². The van der Waals surface area contributed by atoms with Crippen molar-refractivity contribution in [3.63, 3.8) is 0 Å². The van der Waals surface area contributed by atoms with Crippen molar-refractivity contribution in [3.8, 4) is 11.8 Å². The number of ether oxygens (including phenoxy) is 1. The van der Waals surface area contributed by atoms with Crippen LogP contribution < -0.4 is 9.64 Å². The number of methoxy groups -OCH3 is 1. The maximum absolute atomic E-state index is 15.0. The molecule has 1 aliphatic heterocycles. The molecule has 0 bridgehead atoms. The SMILES string of the molecule is COc1ccccc1C(c1cccc2ccccc12)[C@](C#N)(Cc1cccnc1)C(=O)N1CCN(c2ncccn2)CC1. The highest BCUT2D eigenvalue weighted by Crippen LogP contribution is 2.49. The van der Waals surface area contributed by atoms with Crippen LogP contribution >= 0.6 is 0 Å². The van der Waals surface area contributed by atoms with E-state index in [1.165, 1.54) is 0 Å². The summed E-state index contributed by atoms with van der Waals surface area (Å²) in [6.45, 7) is 2.03. The minimum atomic E-state index is -1.51. The van der Waals surface area contributed by atoms with E-state index in [1.54, 1.807) is 38.0 Å². The Labute approximate surface area is 251 Å². The number of amides is 1. The quantitative estimate of drug-likeness (QED) is 0.252. The zero-order valence-electron chi connectivity index (χ0n) is 24.0. The van der Waals surface area contributed by atoms with Gasteiger partial charge in [0.05, 0.1) is 13.2 Å². The molecular formula is C35H32N6O2. The summed E-state index contributed by atoms with van der Waals surface area (Å²) in [4.78, 5) is 32.0. The summed E-state index contributed by atoms with van der Waals surface area (Å²) in [7, 11) is 1.63. The molecular weight excluding hydrogens is 536 g/mol. The predicted octanol–water partition coefficient (Wildman–Crippen LogP) is 5.27. The minimum absolute atomic E-state index is 0.185. The van der Waals surface area contributed by atoms with Crippen molar-refractivity contribution in [1.29, 1.82) is 5.26 Å². The van der Waals surface area contributed by atoms with Crippen LogP contribution in [0.15, 0.2) is 110 Å². The molecule has 43 heavy (non-hydrogen) atoms. The van der Waals surface area contributed by atoms with Gasteiger partial charge >= 0.3 is 0 Å². The molecule has 1 saturated heterocycles. The summed E-state index contributed by atoms with van der Waals surface area (Å²) < 4.78 is 5.87. The highest BCUT2D eigenvalue weighted by Gasteiger charge is 2.51. The number of para-hydroxylation sites is 1. The van der Waals surface area contributed by atoms with E-state index < -0.39 is 11.3 Å². The van der Waals surface area contributed by atoms with Gasteiger partial charge in [0.25, 0.3) is 0 Å². The number of aromatic nitrogens is 3. The predicted molar refractivity (Wildman–Crippen MR) is 166 cm³/mol. The number of piperazine rings is 1. The minimum Gasteiger partial charge on any atom is -0.496 e. The van der Waals surface area contributed by atoms with Gasteiger partial charge in [0.1, 0.15) is 5.75 Å². The number of benzene rings is 3. The number of anilines is 1. The van der Waals surface area contributed by atoms with E-state index in [9.17, 15) is 5.26 Å². The molecule has 3 aromatic carbocycles. The standard InChI is InChI=1S/C35H32N6O2/c1-43-31-15-5-4-13-30(31)32(29-14-6-11-27-10-2-3-12-28(27)29)35(25-36,23-26-9-7-16-37-24-26)33(42)40-19-21-41(22-20-40)34-38-17-8-18-39-34/h2-18,24,32H,19-23H2,1H3/t32?,35-/m1/s1. The number of nitrogens with zero attached hydrogens (tertiary/aromatic N) is 6. The molecule has 3 heterocycles. The molecule has 8 nitrogen and oxygen atoms in total. The Balaban J connectivity index is 1.51. The molecule has 1 unspecified atom stereocenters. The number of hydrogen-bond acceptors (Lipinski definition) is 7. The number of fused-ring (bicyclic) bond motifs is 1. The van der Waals surface area contributed by atoms with Gasteiger partial charge in [0.2, 0.25) is 11.9 Å². The summed E-state index contributed by atoms with van der Waals surface area (Å²) in [6.07, 6.45) is 7.07. The lowest BCUT2D eigenvalue weighted by Crippen LogP contribution is -2.55. The molecule has 8 heteroatoms. The van der Waals surface area contributed by atoms with Gasteiger partial charge in [0, 0.05) is 68.9 Å². The Hall–Kier alpha value is -5.29. The molecule has 5 aromatic rings. The van der Waals surface area contributed by atoms with E-state index in [1.807, 2.05) is 65.6 Å². The Morgan fingerprint density at radius 2 is 1.60 bits per heavy atom. The Kier molecular flexibility index (Phi) is 7.96. The van der Waals surface area contributed by atoms with Crippen molar-refractivity contribution in [2.24, 2.45) is 5.41 Å². The second-order valence-corrected chi connectivity index (χ2v) is 10.7. The Morgan fingerprint density at radius 3 is 2.35 bits per heavy atom. The molecule has 0 aliphatic carbocycles. The van der Waals surface area contributed by atoms with Crippen LogP contribution in [0.25, 0.3) is 10.8 Å². The molecule has 1 fully saturated rings. The summed E-state index contributed by atoms with van der Waals surface area (Å²) in [5.41, 5.74) is 0.996. The topological polar surface area (TPSA) is 95.2 Å². The molecule has 2 aromatic heterocycles. The van der Waals surface area contributed by atoms with Crippen molar-refractivity contribution in [2.45, 2.75) is 12.3 Å². The fourth-order valence-electron chi connectivity index (χ4n) is 6.23. The summed E-state index contributed by atoms with van der Waals surface area (Å²) in [5.74, 6) is 0.420. The smallest absolute Gasteiger partial charge is 0.244 e. The van der Waals surface area contributed by atoms with Crippen molar-refractivity contribution in [3.05, 3.63) is 126 Å². The lowest BCUT2D eigenvalue weighted by molar-refractivity contribution is -0.140. The van der Waals surface area contributed by atoms with Crippen LogP contribution in [0, 0.1) is 16.7 Å². The van der Waals surface area contributed by atoms with Gasteiger partial charge in [0.15, 0.2) is 5.41 Å². The largest absolute Gasteiger partial charge is 0.496 e. The Bertz CT molecular complexity index is 1740. The number of carbonyl (C=O) groups is 1. The van der Waals surface area contributed by atoms with Crippen LogP contribution in [0.5, 0.6) is 5.75 Å². The maximum atomic E-state index is 15.0. The van der Waals surface area contributed by atoms with Gasteiger partial charge < -0.3 is 14.5 Å². The zero-order valence-corrected chi connectivity index (χ0v) is 24.0. The van der Waals surface area contributed by atoms with E-state index in [4.69, 9.17) is 4.74 Å². The van der Waals surface area contributed by atoms with Crippen molar-refractivity contribution in [1.82, 2.24) is 19.9 Å². The number of pyridine rings is 1. The summed E-state index contributed by atoms with van der Waals surface area (Å²) in [6, 6.07) is 30.1. The molecule has 1 amide bonds. The van der Waals surface area contributed by atoms with Gasteiger partial charge in [-0.3, -0.25) is 9.78 Å². The first kappa shape index (κ1) is 27.9. The molecule has 1 aliphatic rings. The maximum Gasteiger partial charge on any atom is 0.244 e. The van der Waals surface area contributed by atoms with Crippen LogP contribution in [0.4, 0.5) is 5.95 Å². The normalized spacial score (nSPS) is 15.3. The molecule has 214 valence electrons. The third kappa shape index (κ3) is 5.38. The molecule has 2 atom stereocenters. The average molecular weight is 569 g/mol. The second kappa shape index (κ2) is 12.3. The fourth-order valence-corrected chi connectivity index (χ4v) is 6.23. The lowest BCUT2D eigenvalue weighted by Gasteiger charge is -2.42. The van der Waals surface area contributed by atoms with Gasteiger partial charge in [-0.1, -0.05) is 66.7 Å². The van der Waals surface area contributed by atoms with Crippen LogP contribution in [-0.4, -0.2) is 59.0 Å². The van der Waals surface area contributed by atoms with Crippen LogP contribution in [0.3, 0.4) is 0 Å². The Morgan fingerprint density at radius 1 is 0.884 bits per heavy atom. The van der Waals surface area contributed by atoms with E-state index in [-0.39, 0.29) is 12.3 Å². The van der Waals surface area contributed by atoms with E-state index >= 15 is 4.79 Å². The second-order valence-electron chi connectivity index (χ2n) is 10.7. The highest BCUT2D eigenvalue weighted by atomic mass is 16.5. The third-order valence-electron chi connectivity index (χ3n) is 8.27. The van der Waals surface area contributed by atoms with Gasteiger partial charge in [-0.05, 0) is 40.1 Å². The number of nitriles is 1. The monoisotopic (exact) mass is 568 g/mol. The lowest BCUT2D eigenvalue weighted by atomic mass is 9.64. The zero-order chi connectivity index (χ0) is 29.6. The summed E-state index contributed by atoms with van der Waals surface area (Å²) in [5, 5.41) is 13.3. The highest BCUT2D eigenvalue weighted by molar-refractivity contribution is 5.92. The average Bonchev–Trinajstić information content (AvgIpc) is 3.09. The first-order valence-electron chi connectivity index (χ1n) is 14.4. The number of carbonyl (C=O) groups excluding carboxylic acids is 1. The number of hydrogen-bond donors (Lipinski definition) is 0. The van der Waals surface area contributed by atoms with E-state index in [0.717, 1.165) is 27.5 Å². The first-order chi connectivity index (χ1) is 21.1. The van der Waals surface area contributed by atoms with E-state index in [0.29, 0.717) is 37.9 Å². The molecule has 0 spiro atoms. The molecule has 0 saturated carbocycles. The van der Waals surface area contributed by atoms with Gasteiger partial charge in [-0.15, -0.1) is 0 Å². The van der Waals surface area contributed by atoms with Crippen LogP contribution in [-0.2, 0) is 11.2 Å². The molecule has 0 N–H and O–H groups in total. The molecule has 0 radical (unpaired) electrons. The number of rotatable bonds is 8.